The molecule has 122 valence electrons. The van der Waals surface area contributed by atoms with E-state index in [0.29, 0.717) is 11.5 Å². The number of hydrogen-bond donors (Lipinski definition) is 2. The van der Waals surface area contributed by atoms with Crippen LogP contribution in [0.5, 0.6) is 0 Å². The van der Waals surface area contributed by atoms with Crippen LogP contribution in [0.3, 0.4) is 0 Å². The third-order valence-corrected chi connectivity index (χ3v) is 5.51. The number of aromatic nitrogens is 2. The fourth-order valence-electron chi connectivity index (χ4n) is 3.12. The molecule has 1 amide bonds. The number of nitrogen functional groups attached to an aromatic ring is 1. The van der Waals surface area contributed by atoms with Crippen LogP contribution in [0.15, 0.2) is 12.0 Å². The summed E-state index contributed by atoms with van der Waals surface area (Å²) in [5.74, 6) is 0.230. The molecule has 23 heavy (non-hydrogen) atoms. The largest absolute Gasteiger partial charge is 0.402 e. The lowest BCUT2D eigenvalue weighted by atomic mass is 9.94. The fourth-order valence-corrected chi connectivity index (χ4v) is 4.27. The summed E-state index contributed by atoms with van der Waals surface area (Å²) >= 11 is 1.51. The van der Waals surface area contributed by atoms with Crippen LogP contribution in [0, 0.1) is 0 Å². The summed E-state index contributed by atoms with van der Waals surface area (Å²) < 4.78 is 1.01. The predicted molar refractivity (Wildman–Crippen MR) is 93.9 cm³/mol. The smallest absolute Gasteiger partial charge is 0.209 e. The Morgan fingerprint density at radius 1 is 1.43 bits per heavy atom. The first-order valence-electron chi connectivity index (χ1n) is 7.68. The van der Waals surface area contributed by atoms with Crippen molar-refractivity contribution >= 4 is 38.5 Å². The van der Waals surface area contributed by atoms with E-state index in [1.54, 1.807) is 6.33 Å². The Morgan fingerprint density at radius 2 is 2.22 bits per heavy atom. The van der Waals surface area contributed by atoms with Crippen molar-refractivity contribution < 1.29 is 4.79 Å². The van der Waals surface area contributed by atoms with Gasteiger partial charge in [0, 0.05) is 30.3 Å². The Hall–Kier alpha value is -2.15. The Labute approximate surface area is 139 Å². The van der Waals surface area contributed by atoms with Gasteiger partial charge in [-0.05, 0) is 32.3 Å². The van der Waals surface area contributed by atoms with Crippen molar-refractivity contribution in [3.8, 4) is 0 Å². The highest BCUT2D eigenvalue weighted by Gasteiger charge is 2.26. The van der Waals surface area contributed by atoms with E-state index in [0.717, 1.165) is 58.5 Å². The molecule has 4 N–H and O–H groups in total. The van der Waals surface area contributed by atoms with Gasteiger partial charge in [-0.15, -0.1) is 11.3 Å². The van der Waals surface area contributed by atoms with Gasteiger partial charge in [-0.3, -0.25) is 4.79 Å². The molecule has 6 nitrogen and oxygen atoms in total. The van der Waals surface area contributed by atoms with E-state index in [9.17, 15) is 4.79 Å². The number of hydrogen-bond acceptors (Lipinski definition) is 6. The van der Waals surface area contributed by atoms with Crippen molar-refractivity contribution in [1.82, 2.24) is 14.9 Å². The summed E-state index contributed by atoms with van der Waals surface area (Å²) in [5, 5.41) is 0.715. The highest BCUT2D eigenvalue weighted by atomic mass is 32.1. The van der Waals surface area contributed by atoms with E-state index < -0.39 is 0 Å². The van der Waals surface area contributed by atoms with Crippen molar-refractivity contribution in [2.24, 2.45) is 5.73 Å². The molecule has 1 fully saturated rings. The number of rotatable bonds is 3. The monoisotopic (exact) mass is 331 g/mol. The second-order valence-electron chi connectivity index (χ2n) is 6.03. The van der Waals surface area contributed by atoms with Gasteiger partial charge in [-0.2, -0.15) is 0 Å². The first-order valence-corrected chi connectivity index (χ1v) is 8.50. The molecule has 0 saturated carbocycles. The quantitative estimate of drug-likeness (QED) is 0.841. The number of carbonyl (C=O) groups is 1. The lowest BCUT2D eigenvalue weighted by Crippen LogP contribution is -2.33. The highest BCUT2D eigenvalue weighted by Crippen LogP contribution is 2.41. The van der Waals surface area contributed by atoms with Gasteiger partial charge in [0.05, 0.1) is 20.9 Å². The van der Waals surface area contributed by atoms with E-state index in [2.05, 4.69) is 9.97 Å². The molecule has 1 aliphatic heterocycles. The number of thiophene rings is 1. The molecule has 3 rings (SSSR count). The summed E-state index contributed by atoms with van der Waals surface area (Å²) in [6, 6.07) is 0. The molecule has 0 aliphatic carbocycles. The average Bonchev–Trinajstić information content (AvgIpc) is 2.89. The van der Waals surface area contributed by atoms with Gasteiger partial charge in [0.1, 0.15) is 6.33 Å². The molecule has 0 spiro atoms. The number of piperidine rings is 1. The van der Waals surface area contributed by atoms with Crippen LogP contribution in [0.25, 0.3) is 15.8 Å². The van der Waals surface area contributed by atoms with Crippen LogP contribution < -0.4 is 11.5 Å². The molecule has 1 unspecified atom stereocenters. The molecular formula is C16H21N5OS. The fraction of sp³-hybridized carbons (Fsp3) is 0.438. The average molecular weight is 331 g/mol. The van der Waals surface area contributed by atoms with Gasteiger partial charge in [0.25, 0.3) is 0 Å². The Morgan fingerprint density at radius 3 is 2.91 bits per heavy atom. The van der Waals surface area contributed by atoms with Gasteiger partial charge in [-0.25, -0.2) is 9.97 Å². The Balaban J connectivity index is 2.12. The number of allylic oxidation sites excluding steroid dienone is 2. The predicted octanol–water partition coefficient (Wildman–Crippen LogP) is 2.32. The van der Waals surface area contributed by atoms with Crippen molar-refractivity contribution in [3.05, 3.63) is 23.3 Å². The second kappa shape index (κ2) is 6.16. The van der Waals surface area contributed by atoms with E-state index in [4.69, 9.17) is 11.5 Å². The van der Waals surface area contributed by atoms with Crippen molar-refractivity contribution in [1.29, 1.82) is 0 Å². The minimum absolute atomic E-state index is 0.230. The third-order valence-electron chi connectivity index (χ3n) is 4.48. The minimum Gasteiger partial charge on any atom is -0.402 e. The maximum absolute atomic E-state index is 11.1. The summed E-state index contributed by atoms with van der Waals surface area (Å²) in [6.07, 6.45) is 4.52. The number of fused-ring (bicyclic) bond motifs is 1. The molecule has 1 saturated heterocycles. The van der Waals surface area contributed by atoms with E-state index in [1.165, 1.54) is 11.3 Å². The van der Waals surface area contributed by atoms with Gasteiger partial charge >= 0.3 is 0 Å². The molecule has 0 bridgehead atoms. The number of anilines is 1. The topological polar surface area (TPSA) is 98.1 Å². The van der Waals surface area contributed by atoms with Crippen LogP contribution in [0.1, 0.15) is 43.9 Å². The maximum atomic E-state index is 11.1. The molecular weight excluding hydrogens is 310 g/mol. The maximum Gasteiger partial charge on any atom is 0.209 e. The van der Waals surface area contributed by atoms with Gasteiger partial charge in [0.2, 0.25) is 6.41 Å². The lowest BCUT2D eigenvalue weighted by Gasteiger charge is -2.29. The first-order chi connectivity index (χ1) is 11.0. The van der Waals surface area contributed by atoms with E-state index >= 15 is 0 Å². The number of likely N-dealkylation sites (tertiary alicyclic amines) is 1. The van der Waals surface area contributed by atoms with Gasteiger partial charge in [0.15, 0.2) is 0 Å². The molecule has 2 aromatic heterocycles. The lowest BCUT2D eigenvalue weighted by molar-refractivity contribution is -0.119. The summed E-state index contributed by atoms with van der Waals surface area (Å²) in [7, 11) is 0. The van der Waals surface area contributed by atoms with E-state index in [-0.39, 0.29) is 5.92 Å². The van der Waals surface area contributed by atoms with Gasteiger partial charge in [-0.1, -0.05) is 0 Å². The highest BCUT2D eigenvalue weighted by molar-refractivity contribution is 7.23. The standard InChI is InChI=1S/C16H21N5OS/c1-9(10(2)17)12-14-15(23-16(12)18)13(19-7-20-14)11-4-3-5-21(6-11)8-22/h7-8,11H,3-6,17-18H2,1-2H3/b10-9-. The Kier molecular flexibility index (Phi) is 4.21. The molecule has 7 heteroatoms. The minimum atomic E-state index is 0.230. The number of carbonyl (C=O) groups excluding carboxylic acids is 1. The van der Waals surface area contributed by atoms with Crippen LogP contribution in [-0.4, -0.2) is 34.4 Å². The van der Waals surface area contributed by atoms with Crippen molar-refractivity contribution in [2.45, 2.75) is 32.6 Å². The zero-order valence-corrected chi connectivity index (χ0v) is 14.2. The van der Waals surface area contributed by atoms with Crippen molar-refractivity contribution in [2.75, 3.05) is 18.8 Å². The van der Waals surface area contributed by atoms with Crippen LogP contribution >= 0.6 is 11.3 Å². The number of nitrogens with zero attached hydrogens (tertiary/aromatic N) is 3. The summed E-state index contributed by atoms with van der Waals surface area (Å²) in [4.78, 5) is 21.9. The zero-order valence-electron chi connectivity index (χ0n) is 13.4. The Bertz CT molecular complexity index is 778. The van der Waals surface area contributed by atoms with Crippen LogP contribution in [0.2, 0.25) is 0 Å². The van der Waals surface area contributed by atoms with Crippen molar-refractivity contribution in [3.63, 3.8) is 0 Å². The molecule has 0 radical (unpaired) electrons. The SMILES string of the molecule is C/C(N)=C(\C)c1c(N)sc2c(C3CCCN(C=O)C3)ncnc12. The second-order valence-corrected chi connectivity index (χ2v) is 7.08. The molecule has 1 aliphatic rings. The molecule has 0 aromatic carbocycles. The normalized spacial score (nSPS) is 19.7. The first kappa shape index (κ1) is 15.7. The molecule has 2 aromatic rings. The zero-order chi connectivity index (χ0) is 16.6. The van der Waals surface area contributed by atoms with Gasteiger partial charge < -0.3 is 16.4 Å². The molecule has 3 heterocycles. The summed E-state index contributed by atoms with van der Waals surface area (Å²) in [6.45, 7) is 5.35. The third kappa shape index (κ3) is 2.76. The summed E-state index contributed by atoms with van der Waals surface area (Å²) in [5.41, 5.74) is 16.6. The molecule has 1 atom stereocenters. The van der Waals surface area contributed by atoms with E-state index in [1.807, 2.05) is 18.7 Å². The number of amides is 1. The number of nitrogens with two attached hydrogens (primary N) is 2. The van der Waals surface area contributed by atoms with Crippen LogP contribution in [0.4, 0.5) is 5.00 Å². The van der Waals surface area contributed by atoms with Crippen LogP contribution in [-0.2, 0) is 4.79 Å².